The SMILES string of the molecule is CC(C)c1ccc(C(=O)/C=C/c2ccccc2O)cc1. The molecular weight excluding hydrogens is 248 g/mol. The lowest BCUT2D eigenvalue weighted by molar-refractivity contribution is 0.104. The number of phenols is 1. The summed E-state index contributed by atoms with van der Waals surface area (Å²) < 4.78 is 0. The van der Waals surface area contributed by atoms with Crippen LogP contribution in [0, 0.1) is 0 Å². The maximum Gasteiger partial charge on any atom is 0.185 e. The van der Waals surface area contributed by atoms with Gasteiger partial charge in [-0.15, -0.1) is 0 Å². The first-order valence-corrected chi connectivity index (χ1v) is 6.68. The molecule has 102 valence electrons. The number of carbonyl (C=O) groups excluding carboxylic acids is 1. The largest absolute Gasteiger partial charge is 0.507 e. The van der Waals surface area contributed by atoms with Gasteiger partial charge >= 0.3 is 0 Å². The zero-order valence-corrected chi connectivity index (χ0v) is 11.7. The van der Waals surface area contributed by atoms with Gasteiger partial charge in [0.05, 0.1) is 0 Å². The molecule has 0 aromatic heterocycles. The third-order valence-corrected chi connectivity index (χ3v) is 3.21. The molecule has 2 rings (SSSR count). The Morgan fingerprint density at radius 2 is 1.70 bits per heavy atom. The van der Waals surface area contributed by atoms with Gasteiger partial charge in [0, 0.05) is 11.1 Å². The molecule has 2 nitrogen and oxygen atoms in total. The van der Waals surface area contributed by atoms with Gasteiger partial charge < -0.3 is 5.11 Å². The standard InChI is InChI=1S/C18H18O2/c1-13(2)14-7-9-16(10-8-14)18(20)12-11-15-5-3-4-6-17(15)19/h3-13,19H,1-2H3/b12-11+. The molecule has 0 bridgehead atoms. The molecule has 1 N–H and O–H groups in total. The zero-order chi connectivity index (χ0) is 14.5. The van der Waals surface area contributed by atoms with Crippen LogP contribution in [0.2, 0.25) is 0 Å². The summed E-state index contributed by atoms with van der Waals surface area (Å²) in [5, 5.41) is 9.63. The van der Waals surface area contributed by atoms with E-state index in [4.69, 9.17) is 0 Å². The average molecular weight is 266 g/mol. The maximum atomic E-state index is 12.0. The van der Waals surface area contributed by atoms with Gasteiger partial charge in [-0.05, 0) is 29.7 Å². The van der Waals surface area contributed by atoms with Gasteiger partial charge in [0.25, 0.3) is 0 Å². The van der Waals surface area contributed by atoms with Crippen molar-refractivity contribution in [3.8, 4) is 5.75 Å². The highest BCUT2D eigenvalue weighted by molar-refractivity contribution is 6.06. The van der Waals surface area contributed by atoms with Gasteiger partial charge in [-0.1, -0.05) is 56.3 Å². The number of aromatic hydroxyl groups is 1. The molecule has 20 heavy (non-hydrogen) atoms. The highest BCUT2D eigenvalue weighted by atomic mass is 16.3. The maximum absolute atomic E-state index is 12.0. The first-order valence-electron chi connectivity index (χ1n) is 6.68. The molecule has 2 aromatic carbocycles. The van der Waals surface area contributed by atoms with E-state index in [0.29, 0.717) is 17.0 Å². The molecule has 0 aliphatic heterocycles. The Morgan fingerprint density at radius 1 is 1.05 bits per heavy atom. The lowest BCUT2D eigenvalue weighted by Crippen LogP contribution is -1.95. The molecule has 2 heteroatoms. The highest BCUT2D eigenvalue weighted by Crippen LogP contribution is 2.18. The summed E-state index contributed by atoms with van der Waals surface area (Å²) in [6.45, 7) is 4.24. The van der Waals surface area contributed by atoms with Crippen molar-refractivity contribution in [3.63, 3.8) is 0 Å². The molecule has 0 radical (unpaired) electrons. The monoisotopic (exact) mass is 266 g/mol. The quantitative estimate of drug-likeness (QED) is 0.657. The van der Waals surface area contributed by atoms with Crippen molar-refractivity contribution in [2.24, 2.45) is 0 Å². The van der Waals surface area contributed by atoms with E-state index in [1.807, 2.05) is 30.3 Å². The predicted octanol–water partition coefficient (Wildman–Crippen LogP) is 4.41. The summed E-state index contributed by atoms with van der Waals surface area (Å²) in [6.07, 6.45) is 3.12. The number of phenolic OH excluding ortho intramolecular Hbond substituents is 1. The van der Waals surface area contributed by atoms with Crippen molar-refractivity contribution in [2.45, 2.75) is 19.8 Å². The van der Waals surface area contributed by atoms with Crippen LogP contribution >= 0.6 is 0 Å². The molecule has 0 unspecified atom stereocenters. The number of hydrogen-bond acceptors (Lipinski definition) is 2. The smallest absolute Gasteiger partial charge is 0.185 e. The molecule has 0 atom stereocenters. The van der Waals surface area contributed by atoms with Crippen molar-refractivity contribution in [2.75, 3.05) is 0 Å². The van der Waals surface area contributed by atoms with E-state index < -0.39 is 0 Å². The second kappa shape index (κ2) is 6.20. The Labute approximate surface area is 119 Å². The Morgan fingerprint density at radius 3 is 2.30 bits per heavy atom. The van der Waals surface area contributed by atoms with Crippen LogP contribution in [0.1, 0.15) is 41.3 Å². The Hall–Kier alpha value is -2.35. The average Bonchev–Trinajstić information content (AvgIpc) is 2.46. The van der Waals surface area contributed by atoms with Crippen molar-refractivity contribution in [1.82, 2.24) is 0 Å². The van der Waals surface area contributed by atoms with E-state index in [1.54, 1.807) is 24.3 Å². The van der Waals surface area contributed by atoms with Crippen LogP contribution in [-0.2, 0) is 0 Å². The van der Waals surface area contributed by atoms with Crippen LogP contribution in [0.3, 0.4) is 0 Å². The summed E-state index contributed by atoms with van der Waals surface area (Å²) in [6, 6.07) is 14.6. The molecule has 0 saturated carbocycles. The van der Waals surface area contributed by atoms with E-state index in [1.165, 1.54) is 11.6 Å². The van der Waals surface area contributed by atoms with E-state index in [2.05, 4.69) is 13.8 Å². The molecule has 0 amide bonds. The minimum Gasteiger partial charge on any atom is -0.507 e. The molecule has 0 fully saturated rings. The van der Waals surface area contributed by atoms with Crippen molar-refractivity contribution >= 4 is 11.9 Å². The summed E-state index contributed by atoms with van der Waals surface area (Å²) in [4.78, 5) is 12.0. The lowest BCUT2D eigenvalue weighted by atomic mass is 10.0. The second-order valence-corrected chi connectivity index (χ2v) is 5.03. The van der Waals surface area contributed by atoms with Gasteiger partial charge in [-0.3, -0.25) is 4.79 Å². The van der Waals surface area contributed by atoms with Crippen LogP contribution in [0.15, 0.2) is 54.6 Å². The normalized spacial score (nSPS) is 11.2. The fourth-order valence-corrected chi connectivity index (χ4v) is 1.92. The second-order valence-electron chi connectivity index (χ2n) is 5.03. The first kappa shape index (κ1) is 14.1. The summed E-state index contributed by atoms with van der Waals surface area (Å²) in [7, 11) is 0. The predicted molar refractivity (Wildman–Crippen MR) is 82.0 cm³/mol. The lowest BCUT2D eigenvalue weighted by Gasteiger charge is -2.05. The Kier molecular flexibility index (Phi) is 4.36. The van der Waals surface area contributed by atoms with Crippen LogP contribution in [0.25, 0.3) is 6.08 Å². The number of carbonyl (C=O) groups is 1. The van der Waals surface area contributed by atoms with Gasteiger partial charge in [-0.2, -0.15) is 0 Å². The number of para-hydroxylation sites is 1. The third kappa shape index (κ3) is 3.35. The summed E-state index contributed by atoms with van der Waals surface area (Å²) >= 11 is 0. The zero-order valence-electron chi connectivity index (χ0n) is 11.7. The number of rotatable bonds is 4. The van der Waals surface area contributed by atoms with E-state index in [0.717, 1.165) is 0 Å². The molecule has 0 aliphatic carbocycles. The van der Waals surface area contributed by atoms with E-state index in [-0.39, 0.29) is 11.5 Å². The fraction of sp³-hybridized carbons (Fsp3) is 0.167. The molecule has 0 aliphatic rings. The molecule has 0 spiro atoms. The number of hydrogen-bond donors (Lipinski definition) is 1. The van der Waals surface area contributed by atoms with Crippen LogP contribution in [0.4, 0.5) is 0 Å². The molecule has 0 saturated heterocycles. The fourth-order valence-electron chi connectivity index (χ4n) is 1.92. The molecular formula is C18H18O2. The summed E-state index contributed by atoms with van der Waals surface area (Å²) in [5.74, 6) is 0.561. The van der Waals surface area contributed by atoms with Crippen molar-refractivity contribution in [1.29, 1.82) is 0 Å². The van der Waals surface area contributed by atoms with E-state index in [9.17, 15) is 9.90 Å². The molecule has 2 aromatic rings. The number of allylic oxidation sites excluding steroid dienone is 1. The van der Waals surface area contributed by atoms with E-state index >= 15 is 0 Å². The van der Waals surface area contributed by atoms with Crippen molar-refractivity contribution < 1.29 is 9.90 Å². The Balaban J connectivity index is 2.14. The van der Waals surface area contributed by atoms with Gasteiger partial charge in [0.15, 0.2) is 5.78 Å². The minimum absolute atomic E-state index is 0.0661. The summed E-state index contributed by atoms with van der Waals surface area (Å²) in [5.41, 5.74) is 2.51. The molecule has 0 heterocycles. The van der Waals surface area contributed by atoms with Gasteiger partial charge in [0.2, 0.25) is 0 Å². The van der Waals surface area contributed by atoms with Crippen molar-refractivity contribution in [3.05, 3.63) is 71.3 Å². The minimum atomic E-state index is -0.0661. The van der Waals surface area contributed by atoms with Gasteiger partial charge in [0.1, 0.15) is 5.75 Å². The number of ketones is 1. The third-order valence-electron chi connectivity index (χ3n) is 3.21. The van der Waals surface area contributed by atoms with Crippen LogP contribution < -0.4 is 0 Å². The topological polar surface area (TPSA) is 37.3 Å². The van der Waals surface area contributed by atoms with Crippen LogP contribution in [0.5, 0.6) is 5.75 Å². The first-order chi connectivity index (χ1) is 9.58. The van der Waals surface area contributed by atoms with Crippen LogP contribution in [-0.4, -0.2) is 10.9 Å². The number of benzene rings is 2. The highest BCUT2D eigenvalue weighted by Gasteiger charge is 2.04. The Bertz CT molecular complexity index is 622. The van der Waals surface area contributed by atoms with Gasteiger partial charge in [-0.25, -0.2) is 0 Å².